The summed E-state index contributed by atoms with van der Waals surface area (Å²) >= 11 is 0. The molecule has 0 unspecified atom stereocenters. The summed E-state index contributed by atoms with van der Waals surface area (Å²) in [6.07, 6.45) is 9.13. The van der Waals surface area contributed by atoms with Crippen molar-refractivity contribution in [1.82, 2.24) is 15.5 Å². The van der Waals surface area contributed by atoms with Crippen molar-refractivity contribution in [2.45, 2.75) is 13.8 Å². The lowest BCUT2D eigenvalue weighted by atomic mass is 10.2. The lowest BCUT2D eigenvalue weighted by Crippen LogP contribution is -2.30. The van der Waals surface area contributed by atoms with Crippen LogP contribution in [0.25, 0.3) is 0 Å². The number of nitrogens with one attached hydrogen (secondary N) is 2. The van der Waals surface area contributed by atoms with Crippen LogP contribution >= 0.6 is 0 Å². The first-order valence-corrected chi connectivity index (χ1v) is 7.31. The Bertz CT molecular complexity index is 644. The van der Waals surface area contributed by atoms with E-state index in [1.807, 2.05) is 18.0 Å². The van der Waals surface area contributed by atoms with Gasteiger partial charge in [0.25, 0.3) is 5.70 Å². The molecule has 24 heavy (non-hydrogen) atoms. The molecule has 2 N–H and O–H groups in total. The van der Waals surface area contributed by atoms with Crippen molar-refractivity contribution in [2.24, 2.45) is 0 Å². The number of carbonyl (C=O) groups is 1. The van der Waals surface area contributed by atoms with E-state index in [4.69, 9.17) is 4.74 Å². The number of carbonyl (C=O) groups excluding carboxylic acids is 1. The third-order valence-corrected chi connectivity index (χ3v) is 3.33. The highest BCUT2D eigenvalue weighted by molar-refractivity contribution is 5.50. The van der Waals surface area contributed by atoms with Gasteiger partial charge in [-0.05, 0) is 31.2 Å². The molecule has 0 bridgehead atoms. The number of rotatable bonds is 8. The Morgan fingerprint density at radius 2 is 2.17 bits per heavy atom. The molecule has 1 aliphatic heterocycles. The fourth-order valence-electron chi connectivity index (χ4n) is 1.89. The van der Waals surface area contributed by atoms with Gasteiger partial charge in [-0.3, -0.25) is 14.9 Å². The van der Waals surface area contributed by atoms with Crippen LogP contribution in [0.1, 0.15) is 13.8 Å². The first-order valence-electron chi connectivity index (χ1n) is 7.31. The van der Waals surface area contributed by atoms with Gasteiger partial charge < -0.3 is 20.3 Å². The number of amides is 1. The monoisotopic (exact) mass is 334 g/mol. The second kappa shape index (κ2) is 9.19. The van der Waals surface area contributed by atoms with E-state index in [1.165, 1.54) is 6.92 Å². The van der Waals surface area contributed by atoms with Gasteiger partial charge >= 0.3 is 0 Å². The second-order valence-electron chi connectivity index (χ2n) is 4.91. The number of hydrogen-bond acceptors (Lipinski definition) is 6. The van der Waals surface area contributed by atoms with Gasteiger partial charge in [0, 0.05) is 33.6 Å². The molecule has 8 heteroatoms. The summed E-state index contributed by atoms with van der Waals surface area (Å²) in [5.74, 6) is 1.73. The van der Waals surface area contributed by atoms with Crippen molar-refractivity contribution >= 4 is 6.41 Å². The predicted molar refractivity (Wildman–Crippen MR) is 90.7 cm³/mol. The summed E-state index contributed by atoms with van der Waals surface area (Å²) in [5.41, 5.74) is 0.402. The van der Waals surface area contributed by atoms with Gasteiger partial charge in [-0.1, -0.05) is 0 Å². The molecule has 1 rings (SSSR count). The minimum atomic E-state index is -0.452. The number of likely N-dealkylation sites (N-methyl/N-ethyl adjacent to an activating group) is 2. The number of nitrogens with zero attached hydrogens (tertiary/aromatic N) is 2. The van der Waals surface area contributed by atoms with Gasteiger partial charge in [0.15, 0.2) is 0 Å². The van der Waals surface area contributed by atoms with E-state index in [9.17, 15) is 14.9 Å². The largest absolute Gasteiger partial charge is 0.458 e. The molecule has 0 aromatic carbocycles. The molecule has 0 aliphatic carbocycles. The minimum Gasteiger partial charge on any atom is -0.458 e. The molecule has 0 aromatic heterocycles. The number of nitro groups is 1. The van der Waals surface area contributed by atoms with E-state index in [0.29, 0.717) is 36.0 Å². The summed E-state index contributed by atoms with van der Waals surface area (Å²) in [7, 11) is 3.46. The van der Waals surface area contributed by atoms with Crippen LogP contribution in [0.2, 0.25) is 0 Å². The fourth-order valence-corrected chi connectivity index (χ4v) is 1.89. The van der Waals surface area contributed by atoms with Crippen LogP contribution in [0, 0.1) is 10.1 Å². The van der Waals surface area contributed by atoms with Crippen LogP contribution in [0.5, 0.6) is 0 Å². The normalized spacial score (nSPS) is 16.2. The maximum atomic E-state index is 10.8. The molecule has 0 atom stereocenters. The van der Waals surface area contributed by atoms with Crippen molar-refractivity contribution in [3.05, 3.63) is 69.2 Å². The summed E-state index contributed by atoms with van der Waals surface area (Å²) in [4.78, 5) is 22.8. The molecule has 0 fully saturated rings. The minimum absolute atomic E-state index is 0.0140. The Hall–Kier alpha value is -3.03. The van der Waals surface area contributed by atoms with Crippen molar-refractivity contribution < 1.29 is 14.5 Å². The van der Waals surface area contributed by atoms with E-state index in [0.717, 1.165) is 0 Å². The summed E-state index contributed by atoms with van der Waals surface area (Å²) < 4.78 is 5.76. The molecular weight excluding hydrogens is 312 g/mol. The van der Waals surface area contributed by atoms with Gasteiger partial charge in [-0.2, -0.15) is 0 Å². The van der Waals surface area contributed by atoms with Gasteiger partial charge in [0.1, 0.15) is 23.0 Å². The highest BCUT2D eigenvalue weighted by atomic mass is 16.6. The fraction of sp³-hybridized carbons (Fsp3) is 0.312. The molecule has 1 aliphatic rings. The second-order valence-corrected chi connectivity index (χ2v) is 4.91. The molecular formula is C16H22N4O4. The highest BCUT2D eigenvalue weighted by Crippen LogP contribution is 2.17. The van der Waals surface area contributed by atoms with Crippen LogP contribution in [0.4, 0.5) is 0 Å². The van der Waals surface area contributed by atoms with Crippen LogP contribution in [0.15, 0.2) is 59.1 Å². The Labute approximate surface area is 141 Å². The van der Waals surface area contributed by atoms with Crippen molar-refractivity contribution in [2.75, 3.05) is 20.6 Å². The molecule has 1 amide bonds. The van der Waals surface area contributed by atoms with Crippen LogP contribution in [-0.4, -0.2) is 36.9 Å². The molecule has 130 valence electrons. The Morgan fingerprint density at radius 3 is 2.71 bits per heavy atom. The first kappa shape index (κ1) is 19.0. The summed E-state index contributed by atoms with van der Waals surface area (Å²) in [6, 6.07) is 0. The third-order valence-electron chi connectivity index (χ3n) is 3.33. The Kier molecular flexibility index (Phi) is 7.28. The van der Waals surface area contributed by atoms with Gasteiger partial charge in [0.05, 0.1) is 4.92 Å². The molecule has 0 saturated heterocycles. The van der Waals surface area contributed by atoms with Crippen LogP contribution < -0.4 is 10.6 Å². The number of allylic oxidation sites excluding steroid dienone is 5. The molecule has 0 spiro atoms. The quantitative estimate of drug-likeness (QED) is 0.230. The van der Waals surface area contributed by atoms with Crippen molar-refractivity contribution in [3.8, 4) is 0 Å². The van der Waals surface area contributed by atoms with Gasteiger partial charge in [0.2, 0.25) is 6.41 Å². The average molecular weight is 334 g/mol. The third kappa shape index (κ3) is 5.31. The van der Waals surface area contributed by atoms with E-state index < -0.39 is 4.92 Å². The van der Waals surface area contributed by atoms with E-state index in [2.05, 4.69) is 10.6 Å². The predicted octanol–water partition coefficient (Wildman–Crippen LogP) is 1.61. The number of hydrogen-bond donors (Lipinski definition) is 2. The molecule has 0 saturated carbocycles. The van der Waals surface area contributed by atoms with Crippen molar-refractivity contribution in [3.63, 3.8) is 0 Å². The zero-order valence-electron chi connectivity index (χ0n) is 14.2. The molecule has 0 aromatic rings. The van der Waals surface area contributed by atoms with E-state index >= 15 is 0 Å². The van der Waals surface area contributed by atoms with Crippen LogP contribution in [-0.2, 0) is 9.53 Å². The standard InChI is InChI=1S/C16H22N4O4/c1-5-13(6-7-15(17-3)12(2)20(22)23)24-14-8-9-19(4)16(10-14)18-11-21/h5-8,10-11,17H,9H2,1-4H3,(H,18,21)/b7-6-,13-5+,15-12-. The summed E-state index contributed by atoms with van der Waals surface area (Å²) in [5, 5.41) is 16.2. The van der Waals surface area contributed by atoms with Crippen LogP contribution in [0.3, 0.4) is 0 Å². The molecule has 8 nitrogen and oxygen atoms in total. The Balaban J connectivity index is 2.89. The smallest absolute Gasteiger partial charge is 0.266 e. The van der Waals surface area contributed by atoms with E-state index in [-0.39, 0.29) is 5.70 Å². The average Bonchev–Trinajstić information content (AvgIpc) is 2.56. The highest BCUT2D eigenvalue weighted by Gasteiger charge is 2.12. The lowest BCUT2D eigenvalue weighted by Gasteiger charge is -2.24. The number of ether oxygens (including phenoxy) is 1. The summed E-state index contributed by atoms with van der Waals surface area (Å²) in [6.45, 7) is 3.81. The molecule has 1 heterocycles. The maximum absolute atomic E-state index is 10.8. The van der Waals surface area contributed by atoms with E-state index in [1.54, 1.807) is 38.3 Å². The van der Waals surface area contributed by atoms with Gasteiger partial charge in [-0.15, -0.1) is 0 Å². The molecule has 0 radical (unpaired) electrons. The zero-order valence-corrected chi connectivity index (χ0v) is 14.2. The topological polar surface area (TPSA) is 96.7 Å². The zero-order chi connectivity index (χ0) is 18.1. The SMILES string of the molecule is C\C=C(/C=C\C(NC)=C(/C)[N+](=O)[O-])OC1=CCN(C)C(NC=O)=C1. The maximum Gasteiger partial charge on any atom is 0.266 e. The Morgan fingerprint density at radius 1 is 1.46 bits per heavy atom. The van der Waals surface area contributed by atoms with Gasteiger partial charge in [-0.25, -0.2) is 0 Å². The first-order chi connectivity index (χ1) is 11.4. The lowest BCUT2D eigenvalue weighted by molar-refractivity contribution is -0.425. The van der Waals surface area contributed by atoms with Crippen molar-refractivity contribution in [1.29, 1.82) is 0 Å².